The number of hydrogen-bond acceptors (Lipinski definition) is 6. The number of fused-ring (bicyclic) bond motifs is 7. The lowest BCUT2D eigenvalue weighted by Gasteiger charge is -2.72. The number of nitrogens with one attached hydrogen (secondary N) is 1. The molecule has 58 heavy (non-hydrogen) atoms. The molecule has 10 atom stereocenters. The fourth-order valence-electron chi connectivity index (χ4n) is 15.7. The van der Waals surface area contributed by atoms with Crippen LogP contribution in [0.5, 0.6) is 0 Å². The van der Waals surface area contributed by atoms with Crippen LogP contribution in [0.1, 0.15) is 142 Å². The molecular formula is C51H76N2O4S. The number of esters is 1. The van der Waals surface area contributed by atoms with Gasteiger partial charge in [-0.2, -0.15) is 0 Å². The number of ether oxygens (including phenoxy) is 1. The summed E-state index contributed by atoms with van der Waals surface area (Å²) in [6.07, 6.45) is 20.9. The Kier molecular flexibility index (Phi) is 11.2. The summed E-state index contributed by atoms with van der Waals surface area (Å²) >= 11 is 0. The van der Waals surface area contributed by atoms with Crippen molar-refractivity contribution < 1.29 is 17.9 Å². The molecule has 0 unspecified atom stereocenters. The van der Waals surface area contributed by atoms with E-state index >= 15 is 0 Å². The van der Waals surface area contributed by atoms with Gasteiger partial charge in [0, 0.05) is 37.1 Å². The number of hydrogen-bond donors (Lipinski definition) is 1. The van der Waals surface area contributed by atoms with E-state index in [0.717, 1.165) is 38.8 Å². The van der Waals surface area contributed by atoms with Crippen LogP contribution in [0.2, 0.25) is 0 Å². The first kappa shape index (κ1) is 42.5. The van der Waals surface area contributed by atoms with Crippen molar-refractivity contribution in [2.45, 2.75) is 137 Å². The maximum atomic E-state index is 12.9. The quantitative estimate of drug-likeness (QED) is 0.187. The number of benzene rings is 1. The summed E-state index contributed by atoms with van der Waals surface area (Å²) in [5.74, 6) is 3.67. The van der Waals surface area contributed by atoms with Crippen molar-refractivity contribution in [1.82, 2.24) is 10.2 Å². The van der Waals surface area contributed by atoms with Crippen LogP contribution in [-0.2, 0) is 14.6 Å². The number of carbonyl (C=O) groups excluding carboxylic acids is 1. The Morgan fingerprint density at radius 1 is 0.879 bits per heavy atom. The minimum atomic E-state index is -2.86. The highest BCUT2D eigenvalue weighted by Crippen LogP contribution is 2.76. The van der Waals surface area contributed by atoms with E-state index in [1.165, 1.54) is 63.4 Å². The Morgan fingerprint density at radius 3 is 2.29 bits per heavy atom. The smallest absolute Gasteiger partial charge is 0.338 e. The van der Waals surface area contributed by atoms with Crippen molar-refractivity contribution in [3.63, 3.8) is 0 Å². The zero-order valence-electron chi connectivity index (χ0n) is 37.3. The molecule has 0 aromatic heterocycles. The van der Waals surface area contributed by atoms with E-state index in [9.17, 15) is 13.2 Å². The Labute approximate surface area is 352 Å². The lowest BCUT2D eigenvalue weighted by atomic mass is 9.33. The fraction of sp³-hybridized carbons (Fsp3) is 0.745. The van der Waals surface area contributed by atoms with Gasteiger partial charge < -0.3 is 15.0 Å². The van der Waals surface area contributed by atoms with Crippen molar-refractivity contribution in [3.05, 3.63) is 71.3 Å². The summed E-state index contributed by atoms with van der Waals surface area (Å²) in [5.41, 5.74) is 6.36. The second kappa shape index (κ2) is 15.3. The average Bonchev–Trinajstić information content (AvgIpc) is 3.58. The fourth-order valence-corrected chi connectivity index (χ4v) is 16.9. The lowest BCUT2D eigenvalue weighted by Crippen LogP contribution is -2.68. The first-order valence-corrected chi connectivity index (χ1v) is 25.2. The molecule has 7 aliphatic rings. The molecule has 0 amide bonds. The molecule has 8 rings (SSSR count). The summed E-state index contributed by atoms with van der Waals surface area (Å²) in [7, 11) is -2.86. The van der Waals surface area contributed by atoms with E-state index in [-0.39, 0.29) is 27.8 Å². The molecule has 0 spiro atoms. The number of allylic oxidation sites excluding steroid dienone is 5. The van der Waals surface area contributed by atoms with E-state index in [1.54, 1.807) is 11.1 Å². The lowest BCUT2D eigenvalue weighted by molar-refractivity contribution is -0.221. The molecule has 0 bridgehead atoms. The van der Waals surface area contributed by atoms with E-state index in [2.05, 4.69) is 77.4 Å². The highest BCUT2D eigenvalue weighted by molar-refractivity contribution is 7.91. The van der Waals surface area contributed by atoms with Crippen molar-refractivity contribution in [3.8, 4) is 0 Å². The van der Waals surface area contributed by atoms with Crippen LogP contribution in [0.4, 0.5) is 0 Å². The van der Waals surface area contributed by atoms with Gasteiger partial charge in [-0.05, 0) is 165 Å². The monoisotopic (exact) mass is 813 g/mol. The Morgan fingerprint density at radius 2 is 1.62 bits per heavy atom. The second-order valence-corrected chi connectivity index (χ2v) is 24.3. The van der Waals surface area contributed by atoms with Gasteiger partial charge in [-0.1, -0.05) is 84.0 Å². The minimum Gasteiger partial charge on any atom is -0.461 e. The molecule has 1 aliphatic heterocycles. The third-order valence-corrected chi connectivity index (χ3v) is 20.9. The van der Waals surface area contributed by atoms with Crippen LogP contribution in [-0.4, -0.2) is 69.1 Å². The van der Waals surface area contributed by atoms with Crippen LogP contribution < -0.4 is 5.32 Å². The molecule has 1 N–H and O–H groups in total. The molecule has 4 saturated carbocycles. The Balaban J connectivity index is 0.990. The molecule has 6 aliphatic carbocycles. The summed E-state index contributed by atoms with van der Waals surface area (Å²) in [5, 5.41) is 4.24. The second-order valence-electron chi connectivity index (χ2n) is 22.0. The first-order valence-electron chi connectivity index (χ1n) is 23.4. The van der Waals surface area contributed by atoms with Crippen LogP contribution in [0.15, 0.2) is 65.8 Å². The Bertz CT molecular complexity index is 1910. The molecule has 6 nitrogen and oxygen atoms in total. The molecule has 320 valence electrons. The largest absolute Gasteiger partial charge is 0.461 e. The Hall–Kier alpha value is -2.22. The van der Waals surface area contributed by atoms with Gasteiger partial charge in [0.05, 0.1) is 23.7 Å². The van der Waals surface area contributed by atoms with Gasteiger partial charge in [-0.15, -0.1) is 0 Å². The van der Waals surface area contributed by atoms with Gasteiger partial charge in [0.2, 0.25) is 0 Å². The van der Waals surface area contributed by atoms with Gasteiger partial charge in [-0.3, -0.25) is 0 Å². The highest BCUT2D eigenvalue weighted by Gasteiger charge is 2.70. The number of sulfone groups is 1. The van der Waals surface area contributed by atoms with Crippen molar-refractivity contribution >= 4 is 15.8 Å². The van der Waals surface area contributed by atoms with Crippen molar-refractivity contribution in [1.29, 1.82) is 0 Å². The standard InChI is InChI=1S/C51H76N2O4S/c1-9-50(35-57-45(54)38-13-11-10-12-14-38)24-17-37(18-25-50)40-20-22-47(6)42(46(40,4)5)21-23-49(8)43(47)16-15-41-44-39(36(2)3)19-26-51(44,28-27-48(41,49)7)52-29-30-53-31-33-58(55,56)34-32-53/h10-14,17,20,39,41-44,52H,2,9,15-16,18-19,21-35H2,1,3-8H3/t39-,41+,42-,43+,44+,47-,48+,49+,50+,51-/m0/s1. The molecule has 7 heteroatoms. The molecule has 0 radical (unpaired) electrons. The van der Waals surface area contributed by atoms with Gasteiger partial charge >= 0.3 is 5.97 Å². The topological polar surface area (TPSA) is 75.7 Å². The van der Waals surface area contributed by atoms with E-state index in [4.69, 9.17) is 4.74 Å². The zero-order valence-corrected chi connectivity index (χ0v) is 38.1. The normalized spacial score (nSPS) is 41.8. The highest BCUT2D eigenvalue weighted by atomic mass is 32.2. The van der Waals surface area contributed by atoms with Crippen LogP contribution >= 0.6 is 0 Å². The van der Waals surface area contributed by atoms with E-state index in [1.807, 2.05) is 30.3 Å². The molecule has 1 heterocycles. The van der Waals surface area contributed by atoms with E-state index in [0.29, 0.717) is 77.2 Å². The summed E-state index contributed by atoms with van der Waals surface area (Å²) in [6, 6.07) is 9.42. The minimum absolute atomic E-state index is 0.0107. The first-order chi connectivity index (χ1) is 27.4. The third kappa shape index (κ3) is 6.95. The molecule has 1 aromatic carbocycles. The molecular weight excluding hydrogens is 737 g/mol. The summed E-state index contributed by atoms with van der Waals surface area (Å²) in [4.78, 5) is 15.2. The summed E-state index contributed by atoms with van der Waals surface area (Å²) in [6.45, 7) is 26.3. The maximum Gasteiger partial charge on any atom is 0.338 e. The maximum absolute atomic E-state index is 12.9. The van der Waals surface area contributed by atoms with Gasteiger partial charge in [-0.25, -0.2) is 13.2 Å². The number of rotatable bonds is 10. The molecule has 5 fully saturated rings. The summed E-state index contributed by atoms with van der Waals surface area (Å²) < 4.78 is 30.1. The zero-order chi connectivity index (χ0) is 41.4. The third-order valence-electron chi connectivity index (χ3n) is 19.3. The van der Waals surface area contributed by atoms with Gasteiger partial charge in [0.25, 0.3) is 0 Å². The number of nitrogens with zero attached hydrogens (tertiary/aromatic N) is 1. The average molecular weight is 813 g/mol. The van der Waals surface area contributed by atoms with Gasteiger partial charge in [0.1, 0.15) is 0 Å². The predicted octanol–water partition coefficient (Wildman–Crippen LogP) is 10.6. The number of carbonyl (C=O) groups is 1. The van der Waals surface area contributed by atoms with Crippen LogP contribution in [0.25, 0.3) is 0 Å². The van der Waals surface area contributed by atoms with Gasteiger partial charge in [0.15, 0.2) is 9.84 Å². The van der Waals surface area contributed by atoms with Crippen molar-refractivity contribution in [2.75, 3.05) is 44.3 Å². The van der Waals surface area contributed by atoms with E-state index < -0.39 is 9.84 Å². The SMILES string of the molecule is C=C(C)[C@@H]1CC[C@]2(NCCN3CCS(=O)(=O)CC3)CC[C@]3(C)[C@H](CC[C@@H]4[C@@]5(C)CC=C(C6=CC[C@@](CC)(COC(=O)c7ccccc7)CC6)C(C)(C)[C@@H]5CC[C@]43C)[C@@H]12. The van der Waals surface area contributed by atoms with Crippen molar-refractivity contribution in [2.24, 2.45) is 56.7 Å². The van der Waals surface area contributed by atoms with Crippen LogP contribution in [0, 0.1) is 56.7 Å². The predicted molar refractivity (Wildman–Crippen MR) is 237 cm³/mol. The van der Waals surface area contributed by atoms with Crippen LogP contribution in [0.3, 0.4) is 0 Å². The molecule has 1 saturated heterocycles. The molecule has 1 aromatic rings.